The van der Waals surface area contributed by atoms with Gasteiger partial charge in [0.05, 0.1) is 6.61 Å². The van der Waals surface area contributed by atoms with Crippen LogP contribution in [0.4, 0.5) is 0 Å². The van der Waals surface area contributed by atoms with Crippen LogP contribution in [0.2, 0.25) is 5.02 Å². The number of hydrogen-bond acceptors (Lipinski definition) is 5. The standard InChI is InChI=1S/C22H24ClN3O4S/c1-3-30-19-10-4-16(5-11-19)12-13-24-20(27)14-25-22-15(2)21(31(28,29)26-22)17-6-8-18(23)9-7-17/h4-11H,3,12-14H2,1-2H3,(H,24,27)(H,25,26). The molecule has 0 saturated heterocycles. The van der Waals surface area contributed by atoms with Crippen molar-refractivity contribution in [3.05, 3.63) is 70.3 Å². The molecule has 9 heteroatoms. The smallest absolute Gasteiger partial charge is 0.264 e. The molecular weight excluding hydrogens is 438 g/mol. The molecule has 1 aliphatic rings. The molecule has 7 nitrogen and oxygen atoms in total. The molecule has 1 heterocycles. The Morgan fingerprint density at radius 3 is 2.45 bits per heavy atom. The van der Waals surface area contributed by atoms with Crippen LogP contribution in [-0.2, 0) is 21.2 Å². The molecule has 0 saturated carbocycles. The van der Waals surface area contributed by atoms with Crippen molar-refractivity contribution in [3.63, 3.8) is 0 Å². The van der Waals surface area contributed by atoms with Gasteiger partial charge in [0.25, 0.3) is 10.0 Å². The van der Waals surface area contributed by atoms with Crippen LogP contribution in [0, 0.1) is 0 Å². The topological polar surface area (TPSA) is 96.9 Å². The molecule has 1 aliphatic heterocycles. The highest BCUT2D eigenvalue weighted by molar-refractivity contribution is 8.00. The molecular formula is C22H24ClN3O4S. The summed E-state index contributed by atoms with van der Waals surface area (Å²) in [6, 6.07) is 14.2. The van der Waals surface area contributed by atoms with Crippen molar-refractivity contribution < 1.29 is 17.9 Å². The van der Waals surface area contributed by atoms with Crippen LogP contribution in [-0.4, -0.2) is 39.9 Å². The fourth-order valence-corrected chi connectivity index (χ4v) is 4.81. The first-order valence-electron chi connectivity index (χ1n) is 9.83. The third kappa shape index (κ3) is 5.86. The summed E-state index contributed by atoms with van der Waals surface area (Å²) in [4.78, 5) is 16.4. The minimum atomic E-state index is -3.75. The molecule has 164 valence electrons. The summed E-state index contributed by atoms with van der Waals surface area (Å²) < 4.78 is 32.9. The van der Waals surface area contributed by atoms with Crippen LogP contribution in [0.5, 0.6) is 5.75 Å². The summed E-state index contributed by atoms with van der Waals surface area (Å²) in [5.74, 6) is 0.698. The Labute approximate surface area is 187 Å². The zero-order chi connectivity index (χ0) is 22.4. The van der Waals surface area contributed by atoms with E-state index in [0.29, 0.717) is 35.7 Å². The Morgan fingerprint density at radius 1 is 1.13 bits per heavy atom. The average Bonchev–Trinajstić information content (AvgIpc) is 2.97. The fraction of sp³-hybridized carbons (Fsp3) is 0.273. The van der Waals surface area contributed by atoms with Crippen LogP contribution in [0.15, 0.2) is 59.1 Å². The molecule has 2 aromatic rings. The lowest BCUT2D eigenvalue weighted by atomic mass is 10.1. The van der Waals surface area contributed by atoms with Crippen LogP contribution >= 0.6 is 11.6 Å². The predicted molar refractivity (Wildman–Crippen MR) is 123 cm³/mol. The highest BCUT2D eigenvalue weighted by atomic mass is 35.5. The van der Waals surface area contributed by atoms with Crippen molar-refractivity contribution in [3.8, 4) is 5.75 Å². The number of sulfonamides is 1. The lowest BCUT2D eigenvalue weighted by Gasteiger charge is -2.06. The zero-order valence-electron chi connectivity index (χ0n) is 17.3. The van der Waals surface area contributed by atoms with Gasteiger partial charge in [0.1, 0.15) is 23.0 Å². The number of amides is 1. The molecule has 2 aromatic carbocycles. The zero-order valence-corrected chi connectivity index (χ0v) is 18.9. The van der Waals surface area contributed by atoms with Crippen molar-refractivity contribution in [2.24, 2.45) is 4.99 Å². The second kappa shape index (κ2) is 9.98. The summed E-state index contributed by atoms with van der Waals surface area (Å²) >= 11 is 5.88. The number of benzene rings is 2. The number of nitrogens with one attached hydrogen (secondary N) is 2. The van der Waals surface area contributed by atoms with Crippen molar-refractivity contribution >= 4 is 38.3 Å². The fourth-order valence-electron chi connectivity index (χ4n) is 3.16. The molecule has 0 bridgehead atoms. The number of ether oxygens (including phenoxy) is 1. The van der Waals surface area contributed by atoms with Gasteiger partial charge < -0.3 is 10.1 Å². The van der Waals surface area contributed by atoms with E-state index in [1.165, 1.54) is 0 Å². The highest BCUT2D eigenvalue weighted by Gasteiger charge is 2.32. The summed E-state index contributed by atoms with van der Waals surface area (Å²) in [7, 11) is -3.75. The lowest BCUT2D eigenvalue weighted by Crippen LogP contribution is -2.30. The Kier molecular flexibility index (Phi) is 7.35. The number of carbonyl (C=O) groups excluding carboxylic acids is 1. The van der Waals surface area contributed by atoms with E-state index in [9.17, 15) is 13.2 Å². The van der Waals surface area contributed by atoms with Gasteiger partial charge in [0, 0.05) is 17.1 Å². The van der Waals surface area contributed by atoms with E-state index < -0.39 is 10.0 Å². The van der Waals surface area contributed by atoms with Gasteiger partial charge in [0.2, 0.25) is 5.91 Å². The van der Waals surface area contributed by atoms with Crippen molar-refractivity contribution in [2.75, 3.05) is 19.7 Å². The Morgan fingerprint density at radius 2 is 1.81 bits per heavy atom. The molecule has 0 spiro atoms. The van der Waals surface area contributed by atoms with E-state index >= 15 is 0 Å². The van der Waals surface area contributed by atoms with Gasteiger partial charge in [-0.1, -0.05) is 35.9 Å². The molecule has 31 heavy (non-hydrogen) atoms. The van der Waals surface area contributed by atoms with E-state index in [4.69, 9.17) is 16.3 Å². The quantitative estimate of drug-likeness (QED) is 0.631. The largest absolute Gasteiger partial charge is 0.494 e. The van der Waals surface area contributed by atoms with Crippen LogP contribution in [0.25, 0.3) is 4.91 Å². The number of nitrogens with zero attached hydrogens (tertiary/aromatic N) is 1. The van der Waals surface area contributed by atoms with E-state index in [-0.39, 0.29) is 23.2 Å². The summed E-state index contributed by atoms with van der Waals surface area (Å²) in [6.45, 7) is 4.48. The van der Waals surface area contributed by atoms with E-state index in [2.05, 4.69) is 15.0 Å². The molecule has 0 aromatic heterocycles. The molecule has 0 fully saturated rings. The van der Waals surface area contributed by atoms with Gasteiger partial charge in [-0.05, 0) is 55.7 Å². The predicted octanol–water partition coefficient (Wildman–Crippen LogP) is 3.16. The summed E-state index contributed by atoms with van der Waals surface area (Å²) in [5, 5.41) is 3.31. The van der Waals surface area contributed by atoms with E-state index in [1.807, 2.05) is 31.2 Å². The van der Waals surface area contributed by atoms with Gasteiger partial charge in [-0.2, -0.15) is 0 Å². The van der Waals surface area contributed by atoms with Gasteiger partial charge >= 0.3 is 0 Å². The maximum absolute atomic E-state index is 12.5. The second-order valence-corrected chi connectivity index (χ2v) is 8.96. The third-order valence-corrected chi connectivity index (χ3v) is 6.45. The Balaban J connectivity index is 1.58. The lowest BCUT2D eigenvalue weighted by molar-refractivity contribution is -0.119. The normalized spacial score (nSPS) is 16.3. The molecule has 0 aliphatic carbocycles. The molecule has 0 atom stereocenters. The molecule has 0 radical (unpaired) electrons. The highest BCUT2D eigenvalue weighted by Crippen LogP contribution is 2.30. The molecule has 2 N–H and O–H groups in total. The first-order valence-corrected chi connectivity index (χ1v) is 11.7. The van der Waals surface area contributed by atoms with Gasteiger partial charge in [-0.15, -0.1) is 0 Å². The number of aliphatic imine (C=N–C) groups is 1. The second-order valence-electron chi connectivity index (χ2n) is 6.91. The number of hydrogen-bond donors (Lipinski definition) is 2. The van der Waals surface area contributed by atoms with Crippen LogP contribution < -0.4 is 14.8 Å². The van der Waals surface area contributed by atoms with Gasteiger partial charge in [-0.25, -0.2) is 8.42 Å². The minimum Gasteiger partial charge on any atom is -0.494 e. The van der Waals surface area contributed by atoms with E-state index in [0.717, 1.165) is 11.3 Å². The minimum absolute atomic E-state index is 0.138. The Bertz CT molecular complexity index is 1110. The number of halogens is 1. The van der Waals surface area contributed by atoms with Crippen LogP contribution in [0.3, 0.4) is 0 Å². The third-order valence-electron chi connectivity index (χ3n) is 4.65. The van der Waals surface area contributed by atoms with Crippen molar-refractivity contribution in [2.45, 2.75) is 20.3 Å². The van der Waals surface area contributed by atoms with E-state index in [1.54, 1.807) is 31.2 Å². The monoisotopic (exact) mass is 461 g/mol. The Hall–Kier alpha value is -2.84. The molecule has 0 unspecified atom stereocenters. The van der Waals surface area contributed by atoms with Crippen LogP contribution in [0.1, 0.15) is 25.0 Å². The van der Waals surface area contributed by atoms with Crippen molar-refractivity contribution in [1.29, 1.82) is 0 Å². The summed E-state index contributed by atoms with van der Waals surface area (Å²) in [5.41, 5.74) is 2.05. The van der Waals surface area contributed by atoms with Gasteiger partial charge in [-0.3, -0.25) is 14.5 Å². The van der Waals surface area contributed by atoms with Gasteiger partial charge in [0.15, 0.2) is 0 Å². The first-order chi connectivity index (χ1) is 14.8. The molecule has 1 amide bonds. The van der Waals surface area contributed by atoms with Crippen molar-refractivity contribution in [1.82, 2.24) is 10.0 Å². The number of carbonyl (C=O) groups is 1. The first kappa shape index (κ1) is 22.8. The average molecular weight is 462 g/mol. The summed E-state index contributed by atoms with van der Waals surface area (Å²) in [6.07, 6.45) is 0.668. The maximum atomic E-state index is 12.5. The number of amidine groups is 1. The molecule has 3 rings (SSSR count). The SMILES string of the molecule is CCOc1ccc(CCNC(=O)CN=C2NS(=O)(=O)C(c3ccc(Cl)cc3)=C2C)cc1. The number of rotatable bonds is 8. The maximum Gasteiger partial charge on any atom is 0.264 e.